The number of carbonyl (C=O) groups is 1. The summed E-state index contributed by atoms with van der Waals surface area (Å²) in [4.78, 5) is 11.5. The van der Waals surface area contributed by atoms with E-state index in [4.69, 9.17) is 0 Å². The summed E-state index contributed by atoms with van der Waals surface area (Å²) in [5.74, 6) is 0.481. The van der Waals surface area contributed by atoms with Gasteiger partial charge in [0, 0.05) is 0 Å². The molecule has 3 heteroatoms. The molecule has 1 fully saturated rings. The molecule has 0 heterocycles. The molecule has 11 heavy (non-hydrogen) atoms. The van der Waals surface area contributed by atoms with E-state index in [9.17, 15) is 4.79 Å². The fraction of sp³-hybridized carbons (Fsp3) is 0.875. The van der Waals surface area contributed by atoms with E-state index in [2.05, 4.69) is 20.8 Å². The molecule has 0 bridgehead atoms. The Kier molecular flexibility index (Phi) is 3.52. The molecule has 1 aliphatic rings. The number of hydrogen-bond donors (Lipinski definition) is 0. The van der Waals surface area contributed by atoms with Gasteiger partial charge in [-0.25, -0.2) is 0 Å². The van der Waals surface area contributed by atoms with Gasteiger partial charge in [-0.1, -0.05) is 0 Å². The average Bonchev–Trinajstić information content (AvgIpc) is 2.11. The predicted molar refractivity (Wildman–Crippen MR) is 42.7 cm³/mol. The van der Waals surface area contributed by atoms with Crippen molar-refractivity contribution in [3.8, 4) is 0 Å². The van der Waals surface area contributed by atoms with Crippen molar-refractivity contribution in [1.29, 1.82) is 0 Å². The van der Waals surface area contributed by atoms with Crippen molar-refractivity contribution in [2.75, 3.05) is 0 Å². The second kappa shape index (κ2) is 3.22. The van der Waals surface area contributed by atoms with Crippen LogP contribution in [0.5, 0.6) is 0 Å². The van der Waals surface area contributed by atoms with E-state index in [0.717, 1.165) is 0 Å². The van der Waals surface area contributed by atoms with Gasteiger partial charge in [0.1, 0.15) is 0 Å². The zero-order valence-electron chi connectivity index (χ0n) is 8.41. The summed E-state index contributed by atoms with van der Waals surface area (Å²) in [6.45, 7) is 8.69. The summed E-state index contributed by atoms with van der Waals surface area (Å²) in [6, 6.07) is 0. The van der Waals surface area contributed by atoms with Crippen molar-refractivity contribution >= 4 is 61.3 Å². The average molecular weight is 437 g/mol. The van der Waals surface area contributed by atoms with Crippen molar-refractivity contribution in [2.45, 2.75) is 26.6 Å². The van der Waals surface area contributed by atoms with E-state index in [1.165, 1.54) is 0 Å². The van der Waals surface area contributed by atoms with Crippen molar-refractivity contribution in [3.05, 3.63) is 0 Å². The zero-order valence-corrected chi connectivity index (χ0v) is 21.5. The van der Waals surface area contributed by atoms with Gasteiger partial charge < -0.3 is 0 Å². The standard InChI is InChI=1S/C8H12O.Ra.Rb.H/c1-5-7(6(2)9)8(5,3)4;;;/h1-4H3;;;. The van der Waals surface area contributed by atoms with Gasteiger partial charge in [0.25, 0.3) is 0 Å². The number of Topliss-reactive ketones (excluding diaryl/α,β-unsaturated/α-hetero) is 1. The van der Waals surface area contributed by atoms with Crippen LogP contribution >= 0.6 is 0 Å². The Balaban J connectivity index is 3.06. The van der Waals surface area contributed by atoms with Crippen LogP contribution in [0.4, 0.5) is 0 Å². The molecule has 1 nitrogen and oxygen atoms in total. The van der Waals surface area contributed by atoms with Crippen LogP contribution in [0.25, 0.3) is 0 Å². The van der Waals surface area contributed by atoms with Crippen LogP contribution in [0.3, 0.4) is 0 Å². The molecule has 1 saturated carbocycles. The van der Waals surface area contributed by atoms with Crippen LogP contribution in [0.1, 0.15) is 27.7 Å². The van der Waals surface area contributed by atoms with Crippen LogP contribution < -0.4 is 0 Å². The van der Waals surface area contributed by atoms with E-state index < -0.39 is 0 Å². The number of hydrogen-bond acceptors (Lipinski definition) is 1. The minimum atomic E-state index is 0.226. The first-order valence-corrected chi connectivity index (χ1v) is 10.8. The van der Waals surface area contributed by atoms with Crippen molar-refractivity contribution < 1.29 is 47.6 Å². The third kappa shape index (κ3) is 1.35. The Bertz CT molecular complexity index is 206. The van der Waals surface area contributed by atoms with Gasteiger partial charge in [0.2, 0.25) is 0 Å². The molecular weight excluding hydrogens is 424 g/mol. The van der Waals surface area contributed by atoms with E-state index in [1.54, 1.807) is 6.92 Å². The molecule has 0 amide bonds. The Morgan fingerprint density at radius 2 is 1.64 bits per heavy atom. The quantitative estimate of drug-likeness (QED) is 0.607. The molecule has 0 aromatic carbocycles. The number of carbonyl (C=O) groups excluding carboxylic acids is 1. The Morgan fingerprint density at radius 1 is 1.36 bits per heavy atom. The van der Waals surface area contributed by atoms with Crippen LogP contribution in [0.2, 0.25) is -1.06 Å². The van der Waals surface area contributed by atoms with Gasteiger partial charge in [-0.05, 0) is 0 Å². The summed E-state index contributed by atoms with van der Waals surface area (Å²) in [6.07, 6.45) is 0. The van der Waals surface area contributed by atoms with Gasteiger partial charge in [0.15, 0.2) is 0 Å². The molecule has 0 spiro atoms. The molecule has 2 unspecified atom stereocenters. The van der Waals surface area contributed by atoms with Gasteiger partial charge in [-0.2, -0.15) is 0 Å². The maximum atomic E-state index is 11.5. The van der Waals surface area contributed by atoms with Crippen LogP contribution in [-0.2, 0) is 4.79 Å². The monoisotopic (exact) mass is 436 g/mol. The molecule has 0 aliphatic heterocycles. The zero-order chi connectivity index (χ0) is 9.08. The predicted octanol–water partition coefficient (Wildman–Crippen LogP) is 1.40. The molecule has 54 valence electrons. The Morgan fingerprint density at radius 3 is 1.64 bits per heavy atom. The Hall–Kier alpha value is 2.94. The second-order valence-corrected chi connectivity index (χ2v) is 16.0. The summed E-state index contributed by atoms with van der Waals surface area (Å²) in [7, 11) is 0. The Labute approximate surface area is 137 Å². The number of ketones is 1. The molecule has 0 saturated heterocycles. The van der Waals surface area contributed by atoms with Gasteiger partial charge >= 0.3 is 141 Å². The molecule has 1 rings (SSSR count). The topological polar surface area (TPSA) is 17.1 Å². The first kappa shape index (κ1) is 12.0. The molecular formula is C8H13ORaRb. The summed E-state index contributed by atoms with van der Waals surface area (Å²) < 4.78 is 0.710. The molecule has 0 radical (unpaired) electrons. The third-order valence-corrected chi connectivity index (χ3v) is 33.5. The fourth-order valence-electron chi connectivity index (χ4n) is 2.47. The summed E-state index contributed by atoms with van der Waals surface area (Å²) >= 11 is 0.958. The van der Waals surface area contributed by atoms with E-state index >= 15 is 0 Å². The van der Waals surface area contributed by atoms with E-state index in [1.807, 2.05) is 0 Å². The third-order valence-electron chi connectivity index (χ3n) is 4.70. The fourth-order valence-corrected chi connectivity index (χ4v) is 15.5. The normalized spacial score (nSPS) is 47.0. The summed E-state index contributed by atoms with van der Waals surface area (Å²) in [5.41, 5.74) is 0.368. The molecule has 0 N–H and O–H groups in total. The minimum absolute atomic E-state index is 0.226. The van der Waals surface area contributed by atoms with Crippen molar-refractivity contribution in [3.63, 3.8) is 0 Å². The van der Waals surface area contributed by atoms with Crippen LogP contribution in [0, 0.1) is 48.2 Å². The molecule has 0 aromatic rings. The second-order valence-electron chi connectivity index (χ2n) is 4.93. The molecule has 2 atom stereocenters. The molecule has 1 aliphatic carbocycles. The molecule has 0 aromatic heterocycles. The van der Waals surface area contributed by atoms with Gasteiger partial charge in [-0.15, -0.1) is 0 Å². The van der Waals surface area contributed by atoms with E-state index in [-0.39, 0.29) is 0.456 Å². The van der Waals surface area contributed by atoms with Crippen molar-refractivity contribution in [2.24, 2.45) is 5.41 Å². The first-order valence-electron chi connectivity index (χ1n) is 4.20. The van der Waals surface area contributed by atoms with Crippen LogP contribution in [0.15, 0.2) is 0 Å². The summed E-state index contributed by atoms with van der Waals surface area (Å²) in [5, 5.41) is 0. The van der Waals surface area contributed by atoms with Crippen LogP contribution in [-0.4, -0.2) is 61.3 Å². The maximum absolute atomic E-state index is 11.5. The first-order chi connectivity index (χ1) is 4.69. The van der Waals surface area contributed by atoms with E-state index in [0.29, 0.717) is 108 Å². The van der Waals surface area contributed by atoms with Gasteiger partial charge in [0.05, 0.1) is 0 Å². The van der Waals surface area contributed by atoms with Crippen molar-refractivity contribution in [1.82, 2.24) is 0 Å². The number of rotatable bonds is 1. The van der Waals surface area contributed by atoms with Gasteiger partial charge in [-0.3, -0.25) is 0 Å². The SMILES string of the molecule is CC(=O)[C]1([RaH])C(C)(C)[C]1(C)[Rb].